The Bertz CT molecular complexity index is 896. The molecule has 0 rings (SSSR count). The van der Waals surface area contributed by atoms with Gasteiger partial charge in [0.1, 0.15) is 6.10 Å². The molecule has 0 heterocycles. The van der Waals surface area contributed by atoms with Gasteiger partial charge < -0.3 is 19.1 Å². The fourth-order valence-electron chi connectivity index (χ4n) is 6.97. The van der Waals surface area contributed by atoms with Crippen molar-refractivity contribution in [1.82, 2.24) is 4.90 Å². The molecule has 0 amide bonds. The Labute approximate surface area is 346 Å². The van der Waals surface area contributed by atoms with Gasteiger partial charge in [0.15, 0.2) is 0 Å². The summed E-state index contributed by atoms with van der Waals surface area (Å²) in [4.78, 5) is 37.9. The Morgan fingerprint density at radius 3 is 1.02 bits per heavy atom. The highest BCUT2D eigenvalue weighted by atomic mass is 16.5. The third kappa shape index (κ3) is 43.0. The number of nitrogens with zero attached hydrogens (tertiary/aromatic N) is 1. The first kappa shape index (κ1) is 53.9. The van der Waals surface area contributed by atoms with Crippen LogP contribution in [0.15, 0.2) is 24.3 Å². The number of allylic oxidation sites excluding steroid dienone is 4. The van der Waals surface area contributed by atoms with E-state index in [1.807, 2.05) is 27.7 Å². The average molecular weight is 790 g/mol. The van der Waals surface area contributed by atoms with E-state index < -0.39 is 0 Å². The standard InChI is InChI=1S/C49H91NO6/c1-44(2)54-47(51)40-35-31-27-23-19-15-11-7-9-13-17-21-25-29-33-38-46(56-49(53)42-37-43-50(5)6)39-34-30-26-22-18-14-10-8-12-16-20-24-28-32-36-41-48(52)55-45(3)4/h7-8,11-12,44-46H,9-10,13-43H2,1-6H3. The smallest absolute Gasteiger partial charge is 0.306 e. The number of carbonyl (C=O) groups is 3. The molecule has 0 bridgehead atoms. The molecular weight excluding hydrogens is 699 g/mol. The van der Waals surface area contributed by atoms with Crippen molar-refractivity contribution in [2.45, 2.75) is 251 Å². The van der Waals surface area contributed by atoms with E-state index in [4.69, 9.17) is 14.2 Å². The van der Waals surface area contributed by atoms with E-state index in [1.165, 1.54) is 128 Å². The molecule has 0 atom stereocenters. The van der Waals surface area contributed by atoms with Gasteiger partial charge in [-0.3, -0.25) is 14.4 Å². The van der Waals surface area contributed by atoms with Crippen molar-refractivity contribution in [1.29, 1.82) is 0 Å². The number of rotatable bonds is 41. The van der Waals surface area contributed by atoms with Crippen LogP contribution in [0.4, 0.5) is 0 Å². The summed E-state index contributed by atoms with van der Waals surface area (Å²) in [6.45, 7) is 8.52. The van der Waals surface area contributed by atoms with Gasteiger partial charge in [0.25, 0.3) is 0 Å². The number of esters is 3. The molecule has 0 aliphatic rings. The molecule has 56 heavy (non-hydrogen) atoms. The molecule has 0 fully saturated rings. The fourth-order valence-corrected chi connectivity index (χ4v) is 6.97. The summed E-state index contributed by atoms with van der Waals surface area (Å²) in [6, 6.07) is 0. The van der Waals surface area contributed by atoms with E-state index in [0.29, 0.717) is 19.3 Å². The molecule has 0 saturated carbocycles. The predicted octanol–water partition coefficient (Wildman–Crippen LogP) is 14.0. The molecule has 0 aliphatic heterocycles. The van der Waals surface area contributed by atoms with E-state index >= 15 is 0 Å². The summed E-state index contributed by atoms with van der Waals surface area (Å²) in [7, 11) is 4.10. The van der Waals surface area contributed by atoms with Gasteiger partial charge in [-0.25, -0.2) is 0 Å². The van der Waals surface area contributed by atoms with Crippen LogP contribution >= 0.6 is 0 Å². The Morgan fingerprint density at radius 1 is 0.393 bits per heavy atom. The van der Waals surface area contributed by atoms with E-state index in [1.54, 1.807) is 0 Å². The second-order valence-corrected chi connectivity index (χ2v) is 17.0. The number of hydrogen-bond acceptors (Lipinski definition) is 7. The summed E-state index contributed by atoms with van der Waals surface area (Å²) in [6.07, 6.45) is 45.2. The minimum atomic E-state index is -0.0600. The SMILES string of the molecule is CC(C)OC(=O)CCCCCCCC=CCCCCCCCCC(CCCCCCCCC=CCCCCCCCC(=O)OC(C)C)OC(=O)CCCN(C)C. The summed E-state index contributed by atoms with van der Waals surface area (Å²) in [5.41, 5.74) is 0. The van der Waals surface area contributed by atoms with Crippen molar-refractivity contribution in [2.75, 3.05) is 20.6 Å². The van der Waals surface area contributed by atoms with Crippen LogP contribution < -0.4 is 0 Å². The van der Waals surface area contributed by atoms with Crippen LogP contribution in [0.2, 0.25) is 0 Å². The van der Waals surface area contributed by atoms with Crippen molar-refractivity contribution in [3.63, 3.8) is 0 Å². The Kier molecular flexibility index (Phi) is 39.5. The minimum absolute atomic E-state index is 0.00838. The molecule has 0 unspecified atom stereocenters. The average Bonchev–Trinajstić information content (AvgIpc) is 3.13. The molecule has 0 aromatic heterocycles. The zero-order valence-electron chi connectivity index (χ0n) is 37.8. The number of unbranched alkanes of at least 4 members (excludes halogenated alkanes) is 22. The van der Waals surface area contributed by atoms with Crippen LogP contribution in [0.25, 0.3) is 0 Å². The lowest BCUT2D eigenvalue weighted by atomic mass is 10.0. The third-order valence-corrected chi connectivity index (χ3v) is 10.1. The van der Waals surface area contributed by atoms with E-state index in [0.717, 1.165) is 64.3 Å². The first-order valence-corrected chi connectivity index (χ1v) is 23.6. The lowest BCUT2D eigenvalue weighted by Gasteiger charge is -2.18. The molecule has 0 N–H and O–H groups in total. The summed E-state index contributed by atoms with van der Waals surface area (Å²) in [5, 5.41) is 0. The zero-order chi connectivity index (χ0) is 41.3. The lowest BCUT2D eigenvalue weighted by Crippen LogP contribution is -2.20. The monoisotopic (exact) mass is 790 g/mol. The zero-order valence-corrected chi connectivity index (χ0v) is 37.8. The highest BCUT2D eigenvalue weighted by Gasteiger charge is 2.14. The van der Waals surface area contributed by atoms with Gasteiger partial charge in [0.05, 0.1) is 12.2 Å². The van der Waals surface area contributed by atoms with Gasteiger partial charge in [-0.05, 0) is 145 Å². The van der Waals surface area contributed by atoms with Gasteiger partial charge in [-0.1, -0.05) is 114 Å². The minimum Gasteiger partial charge on any atom is -0.463 e. The van der Waals surface area contributed by atoms with Crippen LogP contribution in [0, 0.1) is 0 Å². The van der Waals surface area contributed by atoms with Crippen molar-refractivity contribution in [2.24, 2.45) is 0 Å². The highest BCUT2D eigenvalue weighted by Crippen LogP contribution is 2.19. The number of ether oxygens (including phenoxy) is 3. The maximum atomic E-state index is 12.6. The van der Waals surface area contributed by atoms with Crippen molar-refractivity contribution < 1.29 is 28.6 Å². The topological polar surface area (TPSA) is 82.1 Å². The predicted molar refractivity (Wildman–Crippen MR) is 237 cm³/mol. The summed E-state index contributed by atoms with van der Waals surface area (Å²) < 4.78 is 16.4. The van der Waals surface area contributed by atoms with Crippen LogP contribution in [-0.4, -0.2) is 61.8 Å². The van der Waals surface area contributed by atoms with Crippen LogP contribution in [0.1, 0.15) is 233 Å². The van der Waals surface area contributed by atoms with Crippen LogP contribution in [0.5, 0.6) is 0 Å². The fraction of sp³-hybridized carbons (Fsp3) is 0.857. The molecular formula is C49H91NO6. The highest BCUT2D eigenvalue weighted by molar-refractivity contribution is 5.70. The van der Waals surface area contributed by atoms with E-state index in [2.05, 4.69) is 43.3 Å². The molecule has 0 aromatic rings. The van der Waals surface area contributed by atoms with Crippen LogP contribution in [-0.2, 0) is 28.6 Å². The Hall–Kier alpha value is -2.15. The molecule has 7 nitrogen and oxygen atoms in total. The quantitative estimate of drug-likeness (QED) is 0.0264. The maximum absolute atomic E-state index is 12.6. The molecule has 0 saturated heterocycles. The van der Waals surface area contributed by atoms with Crippen LogP contribution in [0.3, 0.4) is 0 Å². The molecule has 328 valence electrons. The second kappa shape index (κ2) is 41.0. The Balaban J connectivity index is 3.93. The van der Waals surface area contributed by atoms with E-state index in [-0.39, 0.29) is 36.2 Å². The van der Waals surface area contributed by atoms with Gasteiger partial charge in [-0.15, -0.1) is 0 Å². The van der Waals surface area contributed by atoms with Crippen molar-refractivity contribution in [3.8, 4) is 0 Å². The maximum Gasteiger partial charge on any atom is 0.306 e. The third-order valence-electron chi connectivity index (χ3n) is 10.1. The summed E-state index contributed by atoms with van der Waals surface area (Å²) >= 11 is 0. The molecule has 7 heteroatoms. The first-order valence-electron chi connectivity index (χ1n) is 23.6. The van der Waals surface area contributed by atoms with Gasteiger partial charge in [0.2, 0.25) is 0 Å². The first-order chi connectivity index (χ1) is 27.1. The molecule has 0 aliphatic carbocycles. The van der Waals surface area contributed by atoms with Gasteiger partial charge >= 0.3 is 17.9 Å². The normalized spacial score (nSPS) is 12.4. The van der Waals surface area contributed by atoms with Gasteiger partial charge in [0, 0.05) is 19.3 Å². The lowest BCUT2D eigenvalue weighted by molar-refractivity contribution is -0.150. The second-order valence-electron chi connectivity index (χ2n) is 17.0. The largest absolute Gasteiger partial charge is 0.463 e. The summed E-state index contributed by atoms with van der Waals surface area (Å²) in [5.74, 6) is -0.134. The molecule has 0 spiro atoms. The molecule has 0 radical (unpaired) electrons. The number of hydrogen-bond donors (Lipinski definition) is 0. The van der Waals surface area contributed by atoms with E-state index in [9.17, 15) is 14.4 Å². The number of carbonyl (C=O) groups excluding carboxylic acids is 3. The van der Waals surface area contributed by atoms with Gasteiger partial charge in [-0.2, -0.15) is 0 Å². The Morgan fingerprint density at radius 2 is 0.679 bits per heavy atom. The molecule has 0 aromatic carbocycles. The van der Waals surface area contributed by atoms with Crippen molar-refractivity contribution >= 4 is 17.9 Å². The van der Waals surface area contributed by atoms with Crippen molar-refractivity contribution in [3.05, 3.63) is 24.3 Å².